The summed E-state index contributed by atoms with van der Waals surface area (Å²) in [5, 5.41) is 9.96. The summed E-state index contributed by atoms with van der Waals surface area (Å²) in [6.07, 6.45) is 1.78. The fourth-order valence-electron chi connectivity index (χ4n) is 3.62. The lowest BCUT2D eigenvalue weighted by molar-refractivity contribution is 0.100. The number of benzene rings is 2. The topological polar surface area (TPSA) is 99.6 Å². The van der Waals surface area contributed by atoms with Crippen LogP contribution < -0.4 is 5.73 Å². The van der Waals surface area contributed by atoms with E-state index < -0.39 is 5.91 Å². The van der Waals surface area contributed by atoms with Crippen LogP contribution in [0.4, 0.5) is 0 Å². The van der Waals surface area contributed by atoms with Crippen LogP contribution in [0.1, 0.15) is 28.9 Å². The molecule has 0 saturated carbocycles. The number of hydrogen-bond donors (Lipinski definition) is 1. The zero-order chi connectivity index (χ0) is 21.5. The summed E-state index contributed by atoms with van der Waals surface area (Å²) < 4.78 is 1.80. The van der Waals surface area contributed by atoms with Gasteiger partial charge in [-0.1, -0.05) is 35.0 Å². The predicted molar refractivity (Wildman–Crippen MR) is 120 cm³/mol. The molecule has 0 fully saturated rings. The molecule has 5 rings (SSSR count). The predicted octanol–water partition coefficient (Wildman–Crippen LogP) is 4.40. The monoisotopic (exact) mass is 428 g/mol. The molecule has 0 aliphatic carbocycles. The Morgan fingerprint density at radius 2 is 1.90 bits per heavy atom. The van der Waals surface area contributed by atoms with E-state index in [2.05, 4.69) is 28.3 Å². The molecule has 152 valence electrons. The van der Waals surface area contributed by atoms with E-state index in [1.165, 1.54) is 0 Å². The van der Waals surface area contributed by atoms with Gasteiger partial charge in [0.1, 0.15) is 5.52 Å². The second kappa shape index (κ2) is 7.45. The quantitative estimate of drug-likeness (QED) is 0.457. The second-order valence-corrected chi connectivity index (χ2v) is 7.67. The van der Waals surface area contributed by atoms with E-state index in [-0.39, 0.29) is 16.6 Å². The van der Waals surface area contributed by atoms with Gasteiger partial charge in [0.05, 0.1) is 27.8 Å². The summed E-state index contributed by atoms with van der Waals surface area (Å²) in [6, 6.07) is 18.8. The van der Waals surface area contributed by atoms with Crippen LogP contribution in [0.2, 0.25) is 5.02 Å². The van der Waals surface area contributed by atoms with Crippen molar-refractivity contribution >= 4 is 39.6 Å². The Balaban J connectivity index is 1.57. The number of aromatic nitrogens is 5. The van der Waals surface area contributed by atoms with Crippen LogP contribution in [0.25, 0.3) is 33.3 Å². The van der Waals surface area contributed by atoms with Gasteiger partial charge in [-0.05, 0) is 55.0 Å². The molecular formula is C23H17ClN6O. The minimum atomic E-state index is -0.568. The summed E-state index contributed by atoms with van der Waals surface area (Å²) in [4.78, 5) is 20.6. The molecule has 8 heteroatoms. The largest absolute Gasteiger partial charge is 0.366 e. The molecule has 0 aliphatic rings. The van der Waals surface area contributed by atoms with Crippen molar-refractivity contribution in [1.82, 2.24) is 25.0 Å². The van der Waals surface area contributed by atoms with Crippen molar-refractivity contribution in [2.45, 2.75) is 13.0 Å². The lowest BCUT2D eigenvalue weighted by Gasteiger charge is -2.13. The van der Waals surface area contributed by atoms with Crippen LogP contribution in [0.3, 0.4) is 0 Å². The number of nitrogens with two attached hydrogens (primary N) is 1. The SMILES string of the molecule is C[C@@H](c1ccc2ncccc2c1)n1nnc2ccc(-c3ccc(C(N)=O)c(Cl)c3)nc21. The minimum absolute atomic E-state index is 0.0850. The molecule has 5 aromatic rings. The first-order chi connectivity index (χ1) is 15.0. The lowest BCUT2D eigenvalue weighted by Crippen LogP contribution is -2.11. The zero-order valence-corrected chi connectivity index (χ0v) is 17.3. The first-order valence-corrected chi connectivity index (χ1v) is 10.1. The van der Waals surface area contributed by atoms with Crippen molar-refractivity contribution in [1.29, 1.82) is 0 Å². The maximum absolute atomic E-state index is 11.4. The Morgan fingerprint density at radius 3 is 2.71 bits per heavy atom. The van der Waals surface area contributed by atoms with Gasteiger partial charge in [-0.15, -0.1) is 5.10 Å². The van der Waals surface area contributed by atoms with Crippen LogP contribution in [-0.4, -0.2) is 30.9 Å². The number of carbonyl (C=O) groups excluding carboxylic acids is 1. The third-order valence-electron chi connectivity index (χ3n) is 5.33. The minimum Gasteiger partial charge on any atom is -0.366 e. The van der Waals surface area contributed by atoms with Crippen molar-refractivity contribution in [3.63, 3.8) is 0 Å². The average Bonchev–Trinajstić information content (AvgIpc) is 3.21. The molecule has 0 radical (unpaired) electrons. The molecule has 0 spiro atoms. The number of rotatable bonds is 4. The second-order valence-electron chi connectivity index (χ2n) is 7.26. The van der Waals surface area contributed by atoms with Crippen molar-refractivity contribution in [3.8, 4) is 11.3 Å². The maximum Gasteiger partial charge on any atom is 0.250 e. The molecule has 2 N–H and O–H groups in total. The summed E-state index contributed by atoms with van der Waals surface area (Å²) in [5.74, 6) is -0.568. The van der Waals surface area contributed by atoms with Crippen LogP contribution in [0, 0.1) is 0 Å². The highest BCUT2D eigenvalue weighted by Gasteiger charge is 2.16. The molecule has 1 atom stereocenters. The third-order valence-corrected chi connectivity index (χ3v) is 5.64. The highest BCUT2D eigenvalue weighted by atomic mass is 35.5. The number of amides is 1. The van der Waals surface area contributed by atoms with Crippen molar-refractivity contribution in [2.24, 2.45) is 5.73 Å². The van der Waals surface area contributed by atoms with Crippen LogP contribution in [0.5, 0.6) is 0 Å². The fraction of sp³-hybridized carbons (Fsp3) is 0.0870. The zero-order valence-electron chi connectivity index (χ0n) is 16.5. The first kappa shape index (κ1) is 19.1. The Bertz CT molecular complexity index is 1460. The smallest absolute Gasteiger partial charge is 0.250 e. The number of carbonyl (C=O) groups is 1. The third kappa shape index (κ3) is 3.39. The molecular weight excluding hydrogens is 412 g/mol. The van der Waals surface area contributed by atoms with E-state index in [9.17, 15) is 4.79 Å². The molecule has 7 nitrogen and oxygen atoms in total. The number of fused-ring (bicyclic) bond motifs is 2. The van der Waals surface area contributed by atoms with Crippen LogP contribution >= 0.6 is 11.6 Å². The number of pyridine rings is 2. The van der Waals surface area contributed by atoms with Gasteiger partial charge in [-0.25, -0.2) is 9.67 Å². The van der Waals surface area contributed by atoms with Crippen LogP contribution in [0.15, 0.2) is 66.9 Å². The van der Waals surface area contributed by atoms with Crippen molar-refractivity contribution < 1.29 is 4.79 Å². The molecule has 2 aromatic carbocycles. The van der Waals surface area contributed by atoms with Gasteiger partial charge < -0.3 is 5.73 Å². The summed E-state index contributed by atoms with van der Waals surface area (Å²) in [7, 11) is 0. The van der Waals surface area contributed by atoms with Gasteiger partial charge in [0.2, 0.25) is 5.91 Å². The highest BCUT2D eigenvalue weighted by Crippen LogP contribution is 2.28. The Kier molecular flexibility index (Phi) is 4.60. The number of primary amides is 1. The highest BCUT2D eigenvalue weighted by molar-refractivity contribution is 6.34. The van der Waals surface area contributed by atoms with E-state index in [1.54, 1.807) is 29.1 Å². The molecule has 0 saturated heterocycles. The van der Waals surface area contributed by atoms with E-state index in [4.69, 9.17) is 22.3 Å². The fourth-order valence-corrected chi connectivity index (χ4v) is 3.89. The van der Waals surface area contributed by atoms with Crippen molar-refractivity contribution in [3.05, 3.63) is 83.0 Å². The Labute approximate surface area is 182 Å². The van der Waals surface area contributed by atoms with E-state index in [0.29, 0.717) is 16.9 Å². The number of halogens is 1. The van der Waals surface area contributed by atoms with Gasteiger partial charge in [-0.2, -0.15) is 0 Å². The molecule has 3 heterocycles. The Morgan fingerprint density at radius 1 is 1.06 bits per heavy atom. The van der Waals surface area contributed by atoms with Gasteiger partial charge in [-0.3, -0.25) is 9.78 Å². The summed E-state index contributed by atoms with van der Waals surface area (Å²) >= 11 is 6.22. The van der Waals surface area contributed by atoms with Crippen molar-refractivity contribution in [2.75, 3.05) is 0 Å². The number of hydrogen-bond acceptors (Lipinski definition) is 5. The summed E-state index contributed by atoms with van der Waals surface area (Å²) in [5.41, 5.74) is 10.5. The van der Waals surface area contributed by atoms with E-state index in [0.717, 1.165) is 22.0 Å². The molecule has 3 aromatic heterocycles. The molecule has 1 amide bonds. The molecule has 0 unspecified atom stereocenters. The first-order valence-electron chi connectivity index (χ1n) is 9.67. The number of nitrogens with zero attached hydrogens (tertiary/aromatic N) is 5. The van der Waals surface area contributed by atoms with Gasteiger partial charge >= 0.3 is 0 Å². The van der Waals surface area contributed by atoms with Gasteiger partial charge in [0.15, 0.2) is 5.65 Å². The standard InChI is InChI=1S/C23H17ClN6O/c1-13(14-5-7-19-15(11-14)3-2-10-26-19)30-23-21(28-29-30)9-8-20(27-23)16-4-6-17(22(25)31)18(24)12-16/h2-13H,1H3,(H2,25,31)/t13-/m0/s1. The maximum atomic E-state index is 11.4. The Hall–Kier alpha value is -3.84. The molecule has 31 heavy (non-hydrogen) atoms. The summed E-state index contributed by atoms with van der Waals surface area (Å²) in [6.45, 7) is 2.05. The van der Waals surface area contributed by atoms with Gasteiger partial charge in [0, 0.05) is 17.1 Å². The van der Waals surface area contributed by atoms with E-state index in [1.807, 2.05) is 36.4 Å². The van der Waals surface area contributed by atoms with Crippen LogP contribution in [-0.2, 0) is 0 Å². The van der Waals surface area contributed by atoms with Gasteiger partial charge in [0.25, 0.3) is 0 Å². The normalized spacial score (nSPS) is 12.3. The average molecular weight is 429 g/mol. The van der Waals surface area contributed by atoms with E-state index >= 15 is 0 Å². The molecule has 0 bridgehead atoms. The lowest BCUT2D eigenvalue weighted by atomic mass is 10.1. The molecule has 0 aliphatic heterocycles.